The van der Waals surface area contributed by atoms with Crippen molar-refractivity contribution in [3.05, 3.63) is 0 Å². The third-order valence-electron chi connectivity index (χ3n) is 2.61. The molecule has 4 heteroatoms. The van der Waals surface area contributed by atoms with Crippen LogP contribution in [0.2, 0.25) is 0 Å². The molecule has 0 rings (SSSR count). The summed E-state index contributed by atoms with van der Waals surface area (Å²) in [5, 5.41) is 5.96. The number of carbonyl (C=O) groups is 1. The summed E-state index contributed by atoms with van der Waals surface area (Å²) in [7, 11) is 3.78. The molecule has 0 heterocycles. The van der Waals surface area contributed by atoms with Crippen LogP contribution in [-0.2, 0) is 4.79 Å². The van der Waals surface area contributed by atoms with E-state index in [1.54, 1.807) is 7.05 Å². The van der Waals surface area contributed by atoms with Crippen molar-refractivity contribution in [2.45, 2.75) is 39.3 Å². The Morgan fingerprint density at radius 3 is 2.40 bits per heavy atom. The van der Waals surface area contributed by atoms with Gasteiger partial charge in [0.25, 0.3) is 0 Å². The van der Waals surface area contributed by atoms with Crippen molar-refractivity contribution in [1.29, 1.82) is 0 Å². The molecule has 0 fully saturated rings. The molecule has 90 valence electrons. The van der Waals surface area contributed by atoms with Gasteiger partial charge in [0.2, 0.25) is 5.91 Å². The Balaban J connectivity index is 3.54. The molecule has 0 aliphatic carbocycles. The van der Waals surface area contributed by atoms with E-state index in [0.29, 0.717) is 12.5 Å². The highest BCUT2D eigenvalue weighted by molar-refractivity contribution is 5.76. The van der Waals surface area contributed by atoms with E-state index in [0.717, 1.165) is 13.1 Å². The van der Waals surface area contributed by atoms with Gasteiger partial charge in [-0.15, -0.1) is 0 Å². The highest BCUT2D eigenvalue weighted by atomic mass is 16.1. The zero-order valence-electron chi connectivity index (χ0n) is 10.6. The molecule has 4 nitrogen and oxygen atoms in total. The maximum absolute atomic E-state index is 11.1. The van der Waals surface area contributed by atoms with Gasteiger partial charge < -0.3 is 15.5 Å². The van der Waals surface area contributed by atoms with Crippen molar-refractivity contribution >= 4 is 5.91 Å². The summed E-state index contributed by atoms with van der Waals surface area (Å²) >= 11 is 0. The first-order chi connectivity index (χ1) is 6.97. The fourth-order valence-electron chi connectivity index (χ4n) is 1.20. The molecule has 0 aromatic rings. The smallest absolute Gasteiger partial charge is 0.221 e. The number of nitrogens with zero attached hydrogens (tertiary/aromatic N) is 1. The van der Waals surface area contributed by atoms with Gasteiger partial charge in [0.05, 0.1) is 0 Å². The average molecular weight is 215 g/mol. The number of hydrogen-bond donors (Lipinski definition) is 2. The topological polar surface area (TPSA) is 44.4 Å². The molecule has 0 saturated carbocycles. The van der Waals surface area contributed by atoms with Crippen LogP contribution in [0.4, 0.5) is 0 Å². The van der Waals surface area contributed by atoms with Crippen molar-refractivity contribution in [3.8, 4) is 0 Å². The van der Waals surface area contributed by atoms with E-state index in [1.807, 2.05) is 6.92 Å². The summed E-state index contributed by atoms with van der Waals surface area (Å²) in [6, 6.07) is 0.812. The third-order valence-corrected chi connectivity index (χ3v) is 2.61. The molecule has 0 spiro atoms. The lowest BCUT2D eigenvalue weighted by atomic mass is 10.2. The Bertz CT molecular complexity index is 183. The van der Waals surface area contributed by atoms with Gasteiger partial charge in [0.15, 0.2) is 0 Å². The Morgan fingerprint density at radius 2 is 1.93 bits per heavy atom. The van der Waals surface area contributed by atoms with Crippen LogP contribution in [-0.4, -0.2) is 50.1 Å². The zero-order chi connectivity index (χ0) is 11.8. The van der Waals surface area contributed by atoms with Gasteiger partial charge in [-0.05, 0) is 27.8 Å². The normalized spacial score (nSPS) is 13.3. The van der Waals surface area contributed by atoms with E-state index in [-0.39, 0.29) is 11.9 Å². The molecular formula is C11H25N3O. The average Bonchev–Trinajstić information content (AvgIpc) is 2.17. The summed E-state index contributed by atoms with van der Waals surface area (Å²) in [5.74, 6) is 0.0900. The minimum absolute atomic E-state index is 0.0900. The van der Waals surface area contributed by atoms with Crippen molar-refractivity contribution in [3.63, 3.8) is 0 Å². The Hall–Kier alpha value is -0.610. The molecule has 0 aliphatic rings. The zero-order valence-corrected chi connectivity index (χ0v) is 10.6. The minimum atomic E-state index is 0.0900. The molecule has 0 aliphatic heterocycles. The van der Waals surface area contributed by atoms with E-state index >= 15 is 0 Å². The summed E-state index contributed by atoms with van der Waals surface area (Å²) in [5.41, 5.74) is 0. The summed E-state index contributed by atoms with van der Waals surface area (Å²) < 4.78 is 0. The molecule has 1 atom stereocenters. The van der Waals surface area contributed by atoms with Gasteiger partial charge in [0.1, 0.15) is 0 Å². The van der Waals surface area contributed by atoms with Crippen LogP contribution in [0, 0.1) is 0 Å². The predicted molar refractivity (Wildman–Crippen MR) is 63.9 cm³/mol. The summed E-state index contributed by atoms with van der Waals surface area (Å²) in [4.78, 5) is 13.3. The van der Waals surface area contributed by atoms with Crippen LogP contribution in [0.15, 0.2) is 0 Å². The molecule has 1 amide bonds. The van der Waals surface area contributed by atoms with Gasteiger partial charge >= 0.3 is 0 Å². The first kappa shape index (κ1) is 14.4. The largest absolute Gasteiger partial charge is 0.359 e. The molecule has 0 radical (unpaired) electrons. The highest BCUT2D eigenvalue weighted by Gasteiger charge is 2.07. The third kappa shape index (κ3) is 7.33. The maximum atomic E-state index is 11.1. The van der Waals surface area contributed by atoms with Crippen LogP contribution >= 0.6 is 0 Å². The number of rotatable bonds is 7. The number of carbonyl (C=O) groups excluding carboxylic acids is 1. The fraction of sp³-hybridized carbons (Fsp3) is 0.909. The number of hydrogen-bond acceptors (Lipinski definition) is 3. The lowest BCUT2D eigenvalue weighted by Gasteiger charge is -2.22. The van der Waals surface area contributed by atoms with Gasteiger partial charge in [0, 0.05) is 38.6 Å². The van der Waals surface area contributed by atoms with Gasteiger partial charge in [-0.1, -0.05) is 0 Å². The quantitative estimate of drug-likeness (QED) is 0.648. The predicted octanol–water partition coefficient (Wildman–Crippen LogP) is 0.441. The van der Waals surface area contributed by atoms with Crippen LogP contribution in [0.1, 0.15) is 27.2 Å². The molecule has 1 unspecified atom stereocenters. The highest BCUT2D eigenvalue weighted by Crippen LogP contribution is 1.93. The summed E-state index contributed by atoms with van der Waals surface area (Å²) in [6.45, 7) is 8.31. The molecule has 0 aromatic heterocycles. The molecule has 2 N–H and O–H groups in total. The molecular weight excluding hydrogens is 190 g/mol. The molecule has 0 aromatic carbocycles. The number of nitrogens with one attached hydrogen (secondary N) is 2. The Kier molecular flexibility index (Phi) is 7.34. The fourth-order valence-corrected chi connectivity index (χ4v) is 1.20. The Labute approximate surface area is 93.4 Å². The minimum Gasteiger partial charge on any atom is -0.359 e. The van der Waals surface area contributed by atoms with Crippen molar-refractivity contribution in [2.75, 3.05) is 27.2 Å². The molecule has 15 heavy (non-hydrogen) atoms. The van der Waals surface area contributed by atoms with E-state index in [1.165, 1.54) is 0 Å². The second-order valence-electron chi connectivity index (χ2n) is 4.31. The summed E-state index contributed by atoms with van der Waals surface area (Å²) in [6.07, 6.45) is 0.544. The monoisotopic (exact) mass is 215 g/mol. The SMILES string of the molecule is CNC(=O)CC(C)NCCN(C)C(C)C. The first-order valence-electron chi connectivity index (χ1n) is 5.61. The molecule has 0 saturated heterocycles. The van der Waals surface area contributed by atoms with Crippen molar-refractivity contribution < 1.29 is 4.79 Å². The van der Waals surface area contributed by atoms with E-state index < -0.39 is 0 Å². The second-order valence-corrected chi connectivity index (χ2v) is 4.31. The lowest BCUT2D eigenvalue weighted by Crippen LogP contribution is -2.38. The van der Waals surface area contributed by atoms with E-state index in [4.69, 9.17) is 0 Å². The van der Waals surface area contributed by atoms with Crippen LogP contribution in [0.3, 0.4) is 0 Å². The number of likely N-dealkylation sites (N-methyl/N-ethyl adjacent to an activating group) is 1. The first-order valence-corrected chi connectivity index (χ1v) is 5.61. The standard InChI is InChI=1S/C11H25N3O/c1-9(2)14(5)7-6-13-10(3)8-11(15)12-4/h9-10,13H,6-8H2,1-5H3,(H,12,15). The van der Waals surface area contributed by atoms with Crippen molar-refractivity contribution in [1.82, 2.24) is 15.5 Å². The van der Waals surface area contributed by atoms with Crippen LogP contribution in [0.5, 0.6) is 0 Å². The second kappa shape index (κ2) is 7.65. The van der Waals surface area contributed by atoms with Gasteiger partial charge in [-0.3, -0.25) is 4.79 Å². The van der Waals surface area contributed by atoms with E-state index in [9.17, 15) is 4.79 Å². The van der Waals surface area contributed by atoms with Crippen LogP contribution < -0.4 is 10.6 Å². The Morgan fingerprint density at radius 1 is 1.33 bits per heavy atom. The molecule has 0 bridgehead atoms. The van der Waals surface area contributed by atoms with E-state index in [2.05, 4.69) is 36.4 Å². The number of amides is 1. The van der Waals surface area contributed by atoms with Crippen LogP contribution in [0.25, 0.3) is 0 Å². The maximum Gasteiger partial charge on any atom is 0.221 e. The lowest BCUT2D eigenvalue weighted by molar-refractivity contribution is -0.121. The van der Waals surface area contributed by atoms with Crippen molar-refractivity contribution in [2.24, 2.45) is 0 Å². The van der Waals surface area contributed by atoms with Gasteiger partial charge in [-0.2, -0.15) is 0 Å². The van der Waals surface area contributed by atoms with Gasteiger partial charge in [-0.25, -0.2) is 0 Å².